The van der Waals surface area contributed by atoms with Crippen LogP contribution in [0.15, 0.2) is 146 Å². The lowest BCUT2D eigenvalue weighted by atomic mass is 9.72. The number of fused-ring (bicyclic) bond motifs is 2. The van der Waals surface area contributed by atoms with Gasteiger partial charge in [0.05, 0.1) is 29.5 Å². The molecule has 1 aliphatic carbocycles. The molecule has 4 fully saturated rings. The average molecular weight is 1480 g/mol. The molecular formula is C76H90Cl3F7N8O8. The first kappa shape index (κ1) is 80.2. The van der Waals surface area contributed by atoms with Gasteiger partial charge >= 0.3 is 18.4 Å². The summed E-state index contributed by atoms with van der Waals surface area (Å²) < 4.78 is 110. The number of rotatable bonds is 23. The number of hydrogen-bond donors (Lipinski definition) is 1. The molecule has 0 radical (unpaired) electrons. The van der Waals surface area contributed by atoms with Crippen LogP contribution in [0.3, 0.4) is 0 Å². The summed E-state index contributed by atoms with van der Waals surface area (Å²) in [5.74, 6) is -1.35. The zero-order valence-corrected chi connectivity index (χ0v) is 60.0. The van der Waals surface area contributed by atoms with E-state index in [1.807, 2.05) is 103 Å². The van der Waals surface area contributed by atoms with Crippen LogP contribution in [0, 0.1) is 11.7 Å². The first-order valence-corrected chi connectivity index (χ1v) is 34.3. The average Bonchev–Trinajstić information content (AvgIpc) is 1.57. The number of carbonyl (C=O) groups is 5. The summed E-state index contributed by atoms with van der Waals surface area (Å²) in [7, 11) is 5.35. The maximum atomic E-state index is 14.3. The van der Waals surface area contributed by atoms with Gasteiger partial charge < -0.3 is 48.9 Å². The first-order chi connectivity index (χ1) is 47.4. The number of hydrogen-bond acceptors (Lipinski definition) is 10. The molecule has 16 nitrogen and oxygen atoms in total. The second kappa shape index (κ2) is 34.8. The van der Waals surface area contributed by atoms with E-state index in [1.54, 1.807) is 23.9 Å². The number of piperidine rings is 3. The van der Waals surface area contributed by atoms with E-state index in [4.69, 9.17) is 9.47 Å². The van der Waals surface area contributed by atoms with Crippen LogP contribution in [0.25, 0.3) is 11.1 Å². The summed E-state index contributed by atoms with van der Waals surface area (Å²) in [6.45, 7) is 6.21. The minimum atomic E-state index is -5.15. The summed E-state index contributed by atoms with van der Waals surface area (Å²) in [4.78, 5) is 81.8. The molecule has 11 rings (SSSR count). The Hall–Kier alpha value is -7.51. The number of ether oxygens (including phenoxy) is 2. The number of carboxylic acid groups (broad SMARTS) is 1. The molecule has 0 bridgehead atoms. The largest absolute Gasteiger partial charge is 0.465 e. The van der Waals surface area contributed by atoms with Gasteiger partial charge in [-0.05, 0) is 166 Å². The van der Waals surface area contributed by atoms with Crippen molar-refractivity contribution in [2.24, 2.45) is 5.92 Å². The van der Waals surface area contributed by atoms with Gasteiger partial charge in [-0.3, -0.25) is 24.1 Å². The number of amides is 5. The van der Waals surface area contributed by atoms with Crippen LogP contribution in [0.5, 0.6) is 0 Å². The smallest absolute Gasteiger partial charge is 0.416 e. The molecule has 2 atom stereocenters. The molecule has 1 N–H and O–H groups in total. The Morgan fingerprint density at radius 1 is 0.637 bits per heavy atom. The standard InChI is InChI=1S/C76H87F7N8O8.3ClH/c1-84(35-11-36-86(3)70(94)55-19-25-62(26-20-55)89-39-28-53(29-40-89)18-27-68(92)85(2)44-45-87-37-30-63(31-38-87)91(72(96)97)66-17-10-8-15-64(66)54-12-5-4-6-13-54)69(93)50-98-67-48-56-14-7-9-16-65(56)73(67)32-41-88(42-33-73)43-34-74(58-21-23-61(77)24-22-58)51-90(52-99-74)71(95)57-46-59(75(78,79)80)49-60(47-57)76(81,82)83;;;/h4-10,12-17,19-26,46-47,49,53,63,67H,11,18,27-45,48,50-52H2,1-3H3,(H,96,97);3*1H/t67-,74+;;;/m0.../s1. The zero-order valence-electron chi connectivity index (χ0n) is 57.5. The molecular weight excluding hydrogens is 1390 g/mol. The summed E-state index contributed by atoms with van der Waals surface area (Å²) in [6.07, 6.45) is -4.15. The van der Waals surface area contributed by atoms with Crippen molar-refractivity contribution in [3.05, 3.63) is 190 Å². The Balaban J connectivity index is 0.00000440. The van der Waals surface area contributed by atoms with Crippen LogP contribution in [-0.4, -0.2) is 189 Å². The zero-order chi connectivity index (χ0) is 70.2. The van der Waals surface area contributed by atoms with Crippen molar-refractivity contribution >= 4 is 78.3 Å². The van der Waals surface area contributed by atoms with Gasteiger partial charge in [-0.2, -0.15) is 26.3 Å². The van der Waals surface area contributed by atoms with E-state index < -0.39 is 64.6 Å². The Labute approximate surface area is 610 Å². The molecule has 6 aromatic carbocycles. The molecule has 6 aromatic rings. The second-order valence-electron chi connectivity index (χ2n) is 27.3. The molecule has 4 saturated heterocycles. The van der Waals surface area contributed by atoms with Crippen LogP contribution in [0.1, 0.15) is 113 Å². The molecule has 552 valence electrons. The van der Waals surface area contributed by atoms with E-state index >= 15 is 0 Å². The number of alkyl halides is 6. The topological polar surface area (TPSA) is 150 Å². The molecule has 0 aromatic heterocycles. The maximum absolute atomic E-state index is 14.3. The highest BCUT2D eigenvalue weighted by Crippen LogP contribution is 2.49. The van der Waals surface area contributed by atoms with Crippen LogP contribution >= 0.6 is 37.2 Å². The Morgan fingerprint density at radius 3 is 1.88 bits per heavy atom. The van der Waals surface area contributed by atoms with Crippen molar-refractivity contribution in [3.8, 4) is 11.1 Å². The van der Waals surface area contributed by atoms with Crippen molar-refractivity contribution < 1.29 is 69.3 Å². The van der Waals surface area contributed by atoms with Crippen LogP contribution < -0.4 is 9.80 Å². The van der Waals surface area contributed by atoms with Crippen LogP contribution in [-0.2, 0) is 48.9 Å². The van der Waals surface area contributed by atoms with E-state index in [0.717, 1.165) is 84.8 Å². The number of likely N-dealkylation sites (tertiary alicyclic amines) is 2. The van der Waals surface area contributed by atoms with Gasteiger partial charge in [0, 0.05) is 120 Å². The van der Waals surface area contributed by atoms with Gasteiger partial charge in [-0.15, -0.1) is 37.2 Å². The fourth-order valence-corrected chi connectivity index (χ4v) is 15.2. The molecule has 5 amide bonds. The summed E-state index contributed by atoms with van der Waals surface area (Å²) in [6, 6.07) is 39.5. The van der Waals surface area contributed by atoms with Crippen molar-refractivity contribution in [1.29, 1.82) is 0 Å². The Bertz CT molecular complexity index is 3770. The number of carbonyl (C=O) groups excluding carboxylic acids is 4. The van der Waals surface area contributed by atoms with Gasteiger partial charge in [-0.25, -0.2) is 9.18 Å². The summed E-state index contributed by atoms with van der Waals surface area (Å²) in [5, 5.41) is 10.4. The normalized spacial score (nSPS) is 18.7. The van der Waals surface area contributed by atoms with Gasteiger partial charge in [0.25, 0.3) is 11.8 Å². The Morgan fingerprint density at radius 2 is 1.24 bits per heavy atom. The van der Waals surface area contributed by atoms with Gasteiger partial charge in [-0.1, -0.05) is 84.9 Å². The quantitative estimate of drug-likeness (QED) is 0.0611. The van der Waals surface area contributed by atoms with E-state index in [1.165, 1.54) is 29.2 Å². The number of nitrogens with zero attached hydrogens (tertiary/aromatic N) is 8. The van der Waals surface area contributed by atoms with Gasteiger partial charge in [0.2, 0.25) is 11.8 Å². The lowest BCUT2D eigenvalue weighted by molar-refractivity contribution is -0.143. The van der Waals surface area contributed by atoms with Crippen molar-refractivity contribution in [3.63, 3.8) is 0 Å². The van der Waals surface area contributed by atoms with Gasteiger partial charge in [0.15, 0.2) is 0 Å². The fraction of sp³-hybridized carbons (Fsp3) is 0.461. The van der Waals surface area contributed by atoms with E-state index in [0.29, 0.717) is 119 Å². The minimum Gasteiger partial charge on any atom is -0.465 e. The molecule has 26 heteroatoms. The highest BCUT2D eigenvalue weighted by atomic mass is 35.5. The number of likely N-dealkylation sites (N-methyl/N-ethyl adjacent to an activating group) is 2. The second-order valence-corrected chi connectivity index (χ2v) is 27.3. The van der Waals surface area contributed by atoms with E-state index in [9.17, 15) is 59.8 Å². The molecule has 0 saturated carbocycles. The highest BCUT2D eigenvalue weighted by molar-refractivity contribution is 5.96. The third-order valence-corrected chi connectivity index (χ3v) is 21.2. The Kier molecular flexibility index (Phi) is 27.4. The minimum absolute atomic E-state index is 0. The molecule has 1 spiro atoms. The van der Waals surface area contributed by atoms with Crippen molar-refractivity contribution in [1.82, 2.24) is 29.4 Å². The molecule has 102 heavy (non-hydrogen) atoms. The molecule has 0 unspecified atom stereocenters. The maximum Gasteiger partial charge on any atom is 0.416 e. The molecule has 5 aliphatic rings. The SMILES string of the molecule is CN(CCN1CCC(N(C(=O)O)c2ccccc2-c2ccccc2)CC1)C(=O)CCC1CCN(c2ccc(C(=O)N(C)CCCN(C)C(=O)CO[C@H]3Cc4ccccc4C34CCN(CC[C@]3(c5ccc(F)cc5)CN(C(=O)c5cc(C(F)(F)F)cc(C(F)(F)F)c5)CO3)CC4)cc2)CC1.Cl.Cl.Cl. The molecule has 4 heterocycles. The predicted octanol–water partition coefficient (Wildman–Crippen LogP) is 14.2. The third kappa shape index (κ3) is 18.9. The van der Waals surface area contributed by atoms with Crippen LogP contribution in [0.2, 0.25) is 0 Å². The van der Waals surface area contributed by atoms with Gasteiger partial charge in [0.1, 0.15) is 24.8 Å². The monoisotopic (exact) mass is 1480 g/mol. The predicted molar refractivity (Wildman–Crippen MR) is 384 cm³/mol. The summed E-state index contributed by atoms with van der Waals surface area (Å²) in [5.41, 5.74) is 1.28. The summed E-state index contributed by atoms with van der Waals surface area (Å²) >= 11 is 0. The number of anilines is 2. The fourth-order valence-electron chi connectivity index (χ4n) is 15.2. The number of para-hydroxylation sites is 1. The molecule has 4 aliphatic heterocycles. The van der Waals surface area contributed by atoms with E-state index in [-0.39, 0.29) is 92.7 Å². The van der Waals surface area contributed by atoms with Crippen LogP contribution in [0.4, 0.5) is 46.9 Å². The number of halogens is 10. The third-order valence-electron chi connectivity index (χ3n) is 21.2. The lowest BCUT2D eigenvalue weighted by Gasteiger charge is -2.44. The first-order valence-electron chi connectivity index (χ1n) is 34.3. The highest BCUT2D eigenvalue weighted by Gasteiger charge is 2.50. The lowest BCUT2D eigenvalue weighted by Crippen LogP contribution is -2.50. The van der Waals surface area contributed by atoms with E-state index in [2.05, 4.69) is 26.8 Å². The number of benzene rings is 6. The van der Waals surface area contributed by atoms with Crippen molar-refractivity contribution in [2.45, 2.75) is 106 Å². The van der Waals surface area contributed by atoms with Crippen molar-refractivity contribution in [2.75, 3.05) is 123 Å².